The number of benzene rings is 2. The number of hydrogen-bond donors (Lipinski definition) is 1. The lowest BCUT2D eigenvalue weighted by Gasteiger charge is -2.12. The Morgan fingerprint density at radius 1 is 1.04 bits per heavy atom. The van der Waals surface area contributed by atoms with Crippen LogP contribution in [0.15, 0.2) is 48.5 Å². The summed E-state index contributed by atoms with van der Waals surface area (Å²) in [6.45, 7) is 9.98. The van der Waals surface area contributed by atoms with Gasteiger partial charge >= 0.3 is 0 Å². The van der Waals surface area contributed by atoms with Gasteiger partial charge in [-0.05, 0) is 67.8 Å². The Hall–Kier alpha value is -2.75. The molecule has 1 heterocycles. The van der Waals surface area contributed by atoms with Crippen molar-refractivity contribution in [2.45, 2.75) is 27.7 Å². The van der Waals surface area contributed by atoms with Gasteiger partial charge in [0.1, 0.15) is 11.5 Å². The molecule has 2 aromatic carbocycles. The minimum Gasteiger partial charge on any atom is -0.493 e. The van der Waals surface area contributed by atoms with Crippen LogP contribution >= 0.6 is 0 Å². The summed E-state index contributed by atoms with van der Waals surface area (Å²) >= 11 is 0. The highest BCUT2D eigenvalue weighted by molar-refractivity contribution is 5.82. The molecule has 0 bridgehead atoms. The van der Waals surface area contributed by atoms with Crippen LogP contribution < -0.4 is 14.8 Å². The van der Waals surface area contributed by atoms with E-state index in [1.165, 1.54) is 0 Å². The molecule has 3 rings (SSSR count). The summed E-state index contributed by atoms with van der Waals surface area (Å²) in [5.74, 6) is 2.75. The van der Waals surface area contributed by atoms with Crippen molar-refractivity contribution < 1.29 is 9.47 Å². The number of nitrogens with one attached hydrogen (secondary N) is 1. The topological polar surface area (TPSA) is 43.4 Å². The quantitative estimate of drug-likeness (QED) is 0.584. The van der Waals surface area contributed by atoms with Crippen molar-refractivity contribution in [3.8, 4) is 17.4 Å². The third-order valence-electron chi connectivity index (χ3n) is 3.99. The highest BCUT2D eigenvalue weighted by Gasteiger charge is 2.07. The minimum absolute atomic E-state index is 0.501. The predicted molar refractivity (Wildman–Crippen MR) is 107 cm³/mol. The number of rotatable bonds is 7. The fourth-order valence-corrected chi connectivity index (χ4v) is 2.68. The zero-order chi connectivity index (χ0) is 18.5. The van der Waals surface area contributed by atoms with Gasteiger partial charge in [0.05, 0.1) is 12.1 Å². The molecular weight excluding hydrogens is 324 g/mol. The summed E-state index contributed by atoms with van der Waals surface area (Å²) in [6.07, 6.45) is 0. The zero-order valence-electron chi connectivity index (χ0n) is 15.9. The van der Waals surface area contributed by atoms with Crippen molar-refractivity contribution in [1.29, 1.82) is 0 Å². The van der Waals surface area contributed by atoms with Crippen LogP contribution in [0.3, 0.4) is 0 Å². The third kappa shape index (κ3) is 4.45. The van der Waals surface area contributed by atoms with Crippen molar-refractivity contribution in [2.24, 2.45) is 5.92 Å². The first-order chi connectivity index (χ1) is 12.5. The summed E-state index contributed by atoms with van der Waals surface area (Å²) in [6, 6.07) is 16.0. The van der Waals surface area contributed by atoms with Crippen molar-refractivity contribution >= 4 is 16.6 Å². The van der Waals surface area contributed by atoms with Gasteiger partial charge in [-0.25, -0.2) is 4.98 Å². The first-order valence-corrected chi connectivity index (χ1v) is 9.11. The second-order valence-corrected chi connectivity index (χ2v) is 6.82. The molecule has 26 heavy (non-hydrogen) atoms. The van der Waals surface area contributed by atoms with Gasteiger partial charge in [0.2, 0.25) is 5.88 Å². The number of anilines is 1. The van der Waals surface area contributed by atoms with Gasteiger partial charge in [-0.1, -0.05) is 13.8 Å². The molecule has 0 fully saturated rings. The number of hydrogen-bond acceptors (Lipinski definition) is 4. The molecule has 4 nitrogen and oxygen atoms in total. The molecule has 0 aliphatic carbocycles. The Labute approximate surface area is 155 Å². The zero-order valence-corrected chi connectivity index (χ0v) is 15.9. The summed E-state index contributed by atoms with van der Waals surface area (Å²) in [4.78, 5) is 4.61. The maximum Gasteiger partial charge on any atom is 0.219 e. The van der Waals surface area contributed by atoms with Crippen molar-refractivity contribution in [3.05, 3.63) is 54.1 Å². The van der Waals surface area contributed by atoms with E-state index >= 15 is 0 Å². The lowest BCUT2D eigenvalue weighted by atomic mass is 10.2. The van der Waals surface area contributed by atoms with Gasteiger partial charge < -0.3 is 14.8 Å². The Kier molecular flexibility index (Phi) is 5.61. The first kappa shape index (κ1) is 18.1. The average molecular weight is 350 g/mol. The van der Waals surface area contributed by atoms with Crippen LogP contribution in [0.25, 0.3) is 10.9 Å². The van der Waals surface area contributed by atoms with Crippen LogP contribution in [0.1, 0.15) is 26.3 Å². The van der Waals surface area contributed by atoms with Crippen molar-refractivity contribution in [1.82, 2.24) is 4.98 Å². The van der Waals surface area contributed by atoms with Crippen LogP contribution in [-0.2, 0) is 0 Å². The molecule has 0 unspecified atom stereocenters. The monoisotopic (exact) mass is 350 g/mol. The van der Waals surface area contributed by atoms with E-state index in [2.05, 4.69) is 37.1 Å². The fourth-order valence-electron chi connectivity index (χ4n) is 2.68. The van der Waals surface area contributed by atoms with Crippen LogP contribution in [0.4, 0.5) is 5.69 Å². The summed E-state index contributed by atoms with van der Waals surface area (Å²) in [5.41, 5.74) is 3.04. The Balaban J connectivity index is 1.76. The van der Waals surface area contributed by atoms with Gasteiger partial charge in [0.25, 0.3) is 0 Å². The Morgan fingerprint density at radius 3 is 2.62 bits per heavy atom. The molecule has 0 atom stereocenters. The number of fused-ring (bicyclic) bond motifs is 1. The molecule has 0 spiro atoms. The molecule has 136 valence electrons. The molecule has 0 aliphatic heterocycles. The number of aryl methyl sites for hydroxylation is 1. The molecule has 0 saturated carbocycles. The summed E-state index contributed by atoms with van der Waals surface area (Å²) in [5, 5.41) is 4.40. The standard InChI is InChI=1S/C22H26N2O2/c1-5-23-18-7-9-20-17(13-18)6-11-22(24-20)26-21-10-8-19(12-16(21)4)25-14-15(2)3/h6-13,15,23H,5,14H2,1-4H3. The number of nitrogens with zero attached hydrogens (tertiary/aromatic N) is 1. The molecule has 0 saturated heterocycles. The van der Waals surface area contributed by atoms with E-state index in [0.29, 0.717) is 18.4 Å². The molecule has 3 aromatic rings. The van der Waals surface area contributed by atoms with Crippen molar-refractivity contribution in [3.63, 3.8) is 0 Å². The second-order valence-electron chi connectivity index (χ2n) is 6.82. The lowest BCUT2D eigenvalue weighted by molar-refractivity contribution is 0.270. The predicted octanol–water partition coefficient (Wildman–Crippen LogP) is 5.80. The third-order valence-corrected chi connectivity index (χ3v) is 3.99. The lowest BCUT2D eigenvalue weighted by Crippen LogP contribution is -2.04. The SMILES string of the molecule is CCNc1ccc2nc(Oc3ccc(OCC(C)C)cc3C)ccc2c1. The van der Waals surface area contributed by atoms with E-state index in [4.69, 9.17) is 9.47 Å². The van der Waals surface area contributed by atoms with Crippen LogP contribution in [-0.4, -0.2) is 18.1 Å². The molecule has 0 aliphatic rings. The smallest absolute Gasteiger partial charge is 0.219 e. The van der Waals surface area contributed by atoms with Crippen LogP contribution in [0.5, 0.6) is 17.4 Å². The van der Waals surface area contributed by atoms with Gasteiger partial charge in [-0.15, -0.1) is 0 Å². The van der Waals surface area contributed by atoms with E-state index in [0.717, 1.165) is 40.2 Å². The van der Waals surface area contributed by atoms with E-state index in [1.807, 2.05) is 49.4 Å². The number of ether oxygens (including phenoxy) is 2. The number of aromatic nitrogens is 1. The minimum atomic E-state index is 0.501. The van der Waals surface area contributed by atoms with E-state index < -0.39 is 0 Å². The Morgan fingerprint density at radius 2 is 1.88 bits per heavy atom. The molecule has 1 aromatic heterocycles. The van der Waals surface area contributed by atoms with E-state index in [9.17, 15) is 0 Å². The highest BCUT2D eigenvalue weighted by Crippen LogP contribution is 2.29. The van der Waals surface area contributed by atoms with Crippen LogP contribution in [0, 0.1) is 12.8 Å². The maximum atomic E-state index is 5.99. The average Bonchev–Trinajstić information content (AvgIpc) is 2.62. The summed E-state index contributed by atoms with van der Waals surface area (Å²) in [7, 11) is 0. The molecule has 1 N–H and O–H groups in total. The summed E-state index contributed by atoms with van der Waals surface area (Å²) < 4.78 is 11.8. The van der Waals surface area contributed by atoms with Gasteiger partial charge in [0, 0.05) is 23.7 Å². The Bertz CT molecular complexity index is 890. The first-order valence-electron chi connectivity index (χ1n) is 9.11. The van der Waals surface area contributed by atoms with Crippen molar-refractivity contribution in [2.75, 3.05) is 18.5 Å². The molecule has 0 amide bonds. The molecule has 0 radical (unpaired) electrons. The largest absolute Gasteiger partial charge is 0.493 e. The van der Waals surface area contributed by atoms with Crippen LogP contribution in [0.2, 0.25) is 0 Å². The van der Waals surface area contributed by atoms with Gasteiger partial charge in [-0.2, -0.15) is 0 Å². The van der Waals surface area contributed by atoms with Gasteiger partial charge in [0.15, 0.2) is 0 Å². The second kappa shape index (κ2) is 8.09. The fraction of sp³-hybridized carbons (Fsp3) is 0.318. The van der Waals surface area contributed by atoms with Gasteiger partial charge in [-0.3, -0.25) is 0 Å². The number of pyridine rings is 1. The van der Waals surface area contributed by atoms with E-state index in [1.54, 1.807) is 0 Å². The van der Waals surface area contributed by atoms with E-state index in [-0.39, 0.29) is 0 Å². The maximum absolute atomic E-state index is 5.99. The highest BCUT2D eigenvalue weighted by atomic mass is 16.5. The normalized spacial score (nSPS) is 11.0. The molecule has 4 heteroatoms. The molecular formula is C22H26N2O2.